The molecule has 0 aliphatic rings. The fourth-order valence-corrected chi connectivity index (χ4v) is 4.93. The van der Waals surface area contributed by atoms with E-state index >= 15 is 0 Å². The molecule has 0 aliphatic heterocycles. The summed E-state index contributed by atoms with van der Waals surface area (Å²) in [7, 11) is 3.28. The zero-order chi connectivity index (χ0) is 25.6. The Kier molecular flexibility index (Phi) is 7.22. The maximum absolute atomic E-state index is 13.8. The molecule has 1 atom stereocenters. The molecule has 1 heterocycles. The minimum absolute atomic E-state index is 0.0501. The Bertz CT molecular complexity index is 1440. The first kappa shape index (κ1) is 24.2. The van der Waals surface area contributed by atoms with Crippen molar-refractivity contribution in [3.63, 3.8) is 0 Å². The van der Waals surface area contributed by atoms with Crippen LogP contribution in [0.4, 0.5) is 0 Å². The standard InChI is InChI=1S/C32H30N2O3/c1-36-24-17-18-26(30(19-24)37-2)27(28-21-33-29-16-10-9-15-25(28)29)20-31(35)34-32(22-11-5-3-6-12-22)23-13-7-4-8-14-23/h3-19,21,27,32-33H,20H2,1-2H3,(H,34,35)/t27-/m1/s1. The predicted molar refractivity (Wildman–Crippen MR) is 147 cm³/mol. The van der Waals surface area contributed by atoms with Gasteiger partial charge in [0.1, 0.15) is 11.5 Å². The van der Waals surface area contributed by atoms with E-state index in [2.05, 4.69) is 16.4 Å². The number of carbonyl (C=O) groups excluding carboxylic acids is 1. The topological polar surface area (TPSA) is 63.3 Å². The predicted octanol–water partition coefficient (Wildman–Crippen LogP) is 6.61. The molecular weight excluding hydrogens is 460 g/mol. The third-order valence-electron chi connectivity index (χ3n) is 6.77. The summed E-state index contributed by atoms with van der Waals surface area (Å²) in [6.45, 7) is 0. The first-order valence-corrected chi connectivity index (χ1v) is 12.3. The summed E-state index contributed by atoms with van der Waals surface area (Å²) in [5.41, 5.74) is 5.08. The number of H-pyrrole nitrogens is 1. The zero-order valence-electron chi connectivity index (χ0n) is 21.0. The number of methoxy groups -OCH3 is 2. The normalized spacial score (nSPS) is 11.9. The van der Waals surface area contributed by atoms with Crippen molar-refractivity contribution < 1.29 is 14.3 Å². The quantitative estimate of drug-likeness (QED) is 0.244. The number of para-hydroxylation sites is 1. The van der Waals surface area contributed by atoms with Crippen LogP contribution in [0.25, 0.3) is 10.9 Å². The molecule has 186 valence electrons. The Balaban J connectivity index is 1.53. The number of amides is 1. The van der Waals surface area contributed by atoms with Crippen molar-refractivity contribution in [2.75, 3.05) is 14.2 Å². The number of rotatable bonds is 9. The number of nitrogens with one attached hydrogen (secondary N) is 2. The van der Waals surface area contributed by atoms with Crippen LogP contribution in [-0.2, 0) is 4.79 Å². The molecule has 5 heteroatoms. The van der Waals surface area contributed by atoms with E-state index < -0.39 is 0 Å². The second-order valence-electron chi connectivity index (χ2n) is 8.98. The number of carbonyl (C=O) groups is 1. The summed E-state index contributed by atoms with van der Waals surface area (Å²) >= 11 is 0. The maximum atomic E-state index is 13.8. The van der Waals surface area contributed by atoms with Gasteiger partial charge >= 0.3 is 0 Å². The molecule has 5 nitrogen and oxygen atoms in total. The van der Waals surface area contributed by atoms with E-state index in [-0.39, 0.29) is 24.3 Å². The highest BCUT2D eigenvalue weighted by Crippen LogP contribution is 2.39. The summed E-state index contributed by atoms with van der Waals surface area (Å²) in [6, 6.07) is 33.8. The maximum Gasteiger partial charge on any atom is 0.221 e. The van der Waals surface area contributed by atoms with Gasteiger partial charge in [0, 0.05) is 41.1 Å². The summed E-state index contributed by atoms with van der Waals surface area (Å²) in [4.78, 5) is 17.1. The molecule has 4 aromatic carbocycles. The van der Waals surface area contributed by atoms with Gasteiger partial charge in [0.05, 0.1) is 20.3 Å². The lowest BCUT2D eigenvalue weighted by Crippen LogP contribution is -2.30. The Morgan fingerprint density at radius 3 is 2.08 bits per heavy atom. The van der Waals surface area contributed by atoms with Crippen LogP contribution in [0.2, 0.25) is 0 Å². The van der Waals surface area contributed by atoms with Crippen molar-refractivity contribution in [2.24, 2.45) is 0 Å². The van der Waals surface area contributed by atoms with Gasteiger partial charge in [0.25, 0.3) is 0 Å². The van der Waals surface area contributed by atoms with E-state index in [1.807, 2.05) is 103 Å². The highest BCUT2D eigenvalue weighted by Gasteiger charge is 2.26. The van der Waals surface area contributed by atoms with Crippen molar-refractivity contribution >= 4 is 16.8 Å². The van der Waals surface area contributed by atoms with Crippen LogP contribution in [0.3, 0.4) is 0 Å². The monoisotopic (exact) mass is 490 g/mol. The number of aromatic nitrogens is 1. The molecule has 1 aromatic heterocycles. The average Bonchev–Trinajstić information content (AvgIpc) is 3.39. The minimum Gasteiger partial charge on any atom is -0.497 e. The van der Waals surface area contributed by atoms with Crippen LogP contribution in [-0.4, -0.2) is 25.1 Å². The number of ether oxygens (including phenoxy) is 2. The lowest BCUT2D eigenvalue weighted by Gasteiger charge is -2.24. The molecule has 0 saturated carbocycles. The fourth-order valence-electron chi connectivity index (χ4n) is 4.93. The van der Waals surface area contributed by atoms with E-state index in [1.54, 1.807) is 14.2 Å². The molecule has 2 N–H and O–H groups in total. The molecular formula is C32H30N2O3. The Morgan fingerprint density at radius 2 is 1.43 bits per heavy atom. The summed E-state index contributed by atoms with van der Waals surface area (Å²) in [6.07, 6.45) is 2.25. The average molecular weight is 491 g/mol. The summed E-state index contributed by atoms with van der Waals surface area (Å²) < 4.78 is 11.2. The zero-order valence-corrected chi connectivity index (χ0v) is 21.0. The molecule has 0 radical (unpaired) electrons. The van der Waals surface area contributed by atoms with Gasteiger partial charge in [-0.1, -0.05) is 84.9 Å². The first-order chi connectivity index (χ1) is 18.2. The van der Waals surface area contributed by atoms with Crippen LogP contribution in [0.1, 0.15) is 40.6 Å². The van der Waals surface area contributed by atoms with E-state index in [4.69, 9.17) is 9.47 Å². The molecule has 37 heavy (non-hydrogen) atoms. The van der Waals surface area contributed by atoms with Crippen molar-refractivity contribution in [2.45, 2.75) is 18.4 Å². The number of hydrogen-bond donors (Lipinski definition) is 2. The van der Waals surface area contributed by atoms with E-state index in [9.17, 15) is 4.79 Å². The van der Waals surface area contributed by atoms with Gasteiger partial charge < -0.3 is 19.8 Å². The molecule has 5 rings (SSSR count). The summed E-state index contributed by atoms with van der Waals surface area (Å²) in [5, 5.41) is 4.39. The molecule has 0 saturated heterocycles. The van der Waals surface area contributed by atoms with Crippen LogP contribution in [0, 0.1) is 0 Å². The van der Waals surface area contributed by atoms with Gasteiger partial charge in [-0.2, -0.15) is 0 Å². The molecule has 0 fully saturated rings. The SMILES string of the molecule is COc1ccc([C@@H](CC(=O)NC(c2ccccc2)c2ccccc2)c2c[nH]c3ccccc23)c(OC)c1. The highest BCUT2D eigenvalue weighted by atomic mass is 16.5. The Labute approximate surface area is 217 Å². The first-order valence-electron chi connectivity index (χ1n) is 12.3. The van der Waals surface area contributed by atoms with Crippen molar-refractivity contribution in [1.82, 2.24) is 10.3 Å². The third-order valence-corrected chi connectivity index (χ3v) is 6.77. The molecule has 0 aliphatic carbocycles. The smallest absolute Gasteiger partial charge is 0.221 e. The molecule has 5 aromatic rings. The third kappa shape index (κ3) is 5.21. The van der Waals surface area contributed by atoms with Crippen LogP contribution < -0.4 is 14.8 Å². The summed E-state index contributed by atoms with van der Waals surface area (Å²) in [5.74, 6) is 1.11. The Hall–Kier alpha value is -4.51. The Morgan fingerprint density at radius 1 is 0.784 bits per heavy atom. The van der Waals surface area contributed by atoms with Gasteiger partial charge in [-0.3, -0.25) is 4.79 Å². The van der Waals surface area contributed by atoms with Crippen LogP contribution in [0.15, 0.2) is 109 Å². The van der Waals surface area contributed by atoms with Crippen molar-refractivity contribution in [3.05, 3.63) is 132 Å². The lowest BCUT2D eigenvalue weighted by molar-refractivity contribution is -0.121. The van der Waals surface area contributed by atoms with Crippen molar-refractivity contribution in [3.8, 4) is 11.5 Å². The van der Waals surface area contributed by atoms with Gasteiger partial charge in [0.2, 0.25) is 5.91 Å². The van der Waals surface area contributed by atoms with Gasteiger partial charge in [-0.05, 0) is 28.8 Å². The largest absolute Gasteiger partial charge is 0.497 e. The molecule has 1 amide bonds. The highest BCUT2D eigenvalue weighted by molar-refractivity contribution is 5.86. The molecule has 0 bridgehead atoms. The fraction of sp³-hybridized carbons (Fsp3) is 0.156. The number of benzene rings is 4. The van der Waals surface area contributed by atoms with Crippen LogP contribution >= 0.6 is 0 Å². The van der Waals surface area contributed by atoms with E-state index in [0.29, 0.717) is 11.5 Å². The van der Waals surface area contributed by atoms with Gasteiger partial charge in [-0.15, -0.1) is 0 Å². The number of hydrogen-bond acceptors (Lipinski definition) is 3. The van der Waals surface area contributed by atoms with E-state index in [0.717, 1.165) is 33.2 Å². The number of aromatic amines is 1. The van der Waals surface area contributed by atoms with Crippen molar-refractivity contribution in [1.29, 1.82) is 0 Å². The number of fused-ring (bicyclic) bond motifs is 1. The van der Waals surface area contributed by atoms with Crippen LogP contribution in [0.5, 0.6) is 11.5 Å². The minimum atomic E-state index is -0.253. The van der Waals surface area contributed by atoms with E-state index in [1.165, 1.54) is 0 Å². The second kappa shape index (κ2) is 11.0. The van der Waals surface area contributed by atoms with Gasteiger partial charge in [-0.25, -0.2) is 0 Å². The molecule has 0 unspecified atom stereocenters. The molecule has 0 spiro atoms. The second-order valence-corrected chi connectivity index (χ2v) is 8.98. The lowest BCUT2D eigenvalue weighted by atomic mass is 9.87. The van der Waals surface area contributed by atoms with Gasteiger partial charge in [0.15, 0.2) is 0 Å².